The summed E-state index contributed by atoms with van der Waals surface area (Å²) in [6.45, 7) is 1.78. The molecule has 0 spiro atoms. The predicted molar refractivity (Wildman–Crippen MR) is 65.4 cm³/mol. The van der Waals surface area contributed by atoms with Crippen molar-refractivity contribution in [1.82, 2.24) is 9.97 Å². The summed E-state index contributed by atoms with van der Waals surface area (Å²) in [4.78, 5) is 7.89. The Labute approximate surface area is 103 Å². The standard InChI is InChI=1S/C12H11ClFN3/c1-7-9(11(13)17-12(15)16-7)6-8-4-2-3-5-10(8)14/h2-5H,6H2,1H3,(H2,15,16,17). The summed E-state index contributed by atoms with van der Waals surface area (Å²) >= 11 is 5.98. The number of nitrogens with zero attached hydrogens (tertiary/aromatic N) is 2. The summed E-state index contributed by atoms with van der Waals surface area (Å²) in [6, 6.07) is 6.55. The lowest BCUT2D eigenvalue weighted by Crippen LogP contribution is -2.04. The minimum atomic E-state index is -0.264. The highest BCUT2D eigenvalue weighted by Gasteiger charge is 2.11. The molecule has 0 atom stereocenters. The van der Waals surface area contributed by atoms with E-state index in [4.69, 9.17) is 17.3 Å². The molecule has 88 valence electrons. The first-order valence-electron chi connectivity index (χ1n) is 5.10. The van der Waals surface area contributed by atoms with Crippen molar-refractivity contribution >= 4 is 17.5 Å². The fourth-order valence-electron chi connectivity index (χ4n) is 1.61. The van der Waals surface area contributed by atoms with Gasteiger partial charge in [0.05, 0.1) is 0 Å². The van der Waals surface area contributed by atoms with Crippen LogP contribution >= 0.6 is 11.6 Å². The maximum absolute atomic E-state index is 13.5. The van der Waals surface area contributed by atoms with E-state index in [2.05, 4.69) is 9.97 Å². The lowest BCUT2D eigenvalue weighted by molar-refractivity contribution is 0.613. The van der Waals surface area contributed by atoms with Crippen molar-refractivity contribution in [2.24, 2.45) is 0 Å². The van der Waals surface area contributed by atoms with E-state index in [0.29, 0.717) is 23.2 Å². The van der Waals surface area contributed by atoms with Gasteiger partial charge in [0.1, 0.15) is 11.0 Å². The summed E-state index contributed by atoms with van der Waals surface area (Å²) < 4.78 is 13.5. The Morgan fingerprint density at radius 2 is 2.00 bits per heavy atom. The van der Waals surface area contributed by atoms with E-state index < -0.39 is 0 Å². The summed E-state index contributed by atoms with van der Waals surface area (Å²) in [5, 5.41) is 0.276. The van der Waals surface area contributed by atoms with E-state index in [0.717, 1.165) is 0 Å². The van der Waals surface area contributed by atoms with Crippen LogP contribution in [0.4, 0.5) is 10.3 Å². The summed E-state index contributed by atoms with van der Waals surface area (Å²) in [7, 11) is 0. The van der Waals surface area contributed by atoms with E-state index in [9.17, 15) is 4.39 Å². The summed E-state index contributed by atoms with van der Waals surface area (Å²) in [6.07, 6.45) is 0.359. The fraction of sp³-hybridized carbons (Fsp3) is 0.167. The Kier molecular flexibility index (Phi) is 3.24. The lowest BCUT2D eigenvalue weighted by Gasteiger charge is -2.08. The van der Waals surface area contributed by atoms with Gasteiger partial charge >= 0.3 is 0 Å². The van der Waals surface area contributed by atoms with Gasteiger partial charge in [-0.05, 0) is 18.6 Å². The smallest absolute Gasteiger partial charge is 0.221 e. The van der Waals surface area contributed by atoms with Gasteiger partial charge in [-0.25, -0.2) is 14.4 Å². The van der Waals surface area contributed by atoms with Crippen LogP contribution in [0.3, 0.4) is 0 Å². The molecule has 1 aromatic carbocycles. The van der Waals surface area contributed by atoms with Crippen molar-refractivity contribution in [3.05, 3.63) is 52.1 Å². The zero-order valence-corrected chi connectivity index (χ0v) is 10.0. The van der Waals surface area contributed by atoms with Crippen LogP contribution in [-0.2, 0) is 6.42 Å². The molecule has 1 heterocycles. The van der Waals surface area contributed by atoms with Crippen molar-refractivity contribution in [2.45, 2.75) is 13.3 Å². The molecule has 0 unspecified atom stereocenters. The minimum absolute atomic E-state index is 0.129. The number of hydrogen-bond acceptors (Lipinski definition) is 3. The largest absolute Gasteiger partial charge is 0.368 e. The number of benzene rings is 1. The Hall–Kier alpha value is -1.68. The number of nitrogens with two attached hydrogens (primary N) is 1. The molecule has 0 bridgehead atoms. The van der Waals surface area contributed by atoms with Crippen molar-refractivity contribution in [3.8, 4) is 0 Å². The first-order chi connectivity index (χ1) is 8.08. The average molecular weight is 252 g/mol. The van der Waals surface area contributed by atoms with Gasteiger partial charge in [0, 0.05) is 17.7 Å². The molecule has 0 saturated carbocycles. The van der Waals surface area contributed by atoms with Crippen LogP contribution in [-0.4, -0.2) is 9.97 Å². The molecule has 5 heteroatoms. The molecule has 3 nitrogen and oxygen atoms in total. The van der Waals surface area contributed by atoms with Gasteiger partial charge in [0.25, 0.3) is 0 Å². The van der Waals surface area contributed by atoms with Gasteiger partial charge in [-0.3, -0.25) is 0 Å². The number of aromatic nitrogens is 2. The van der Waals surface area contributed by atoms with Crippen LogP contribution in [0.15, 0.2) is 24.3 Å². The second-order valence-electron chi connectivity index (χ2n) is 3.70. The van der Waals surface area contributed by atoms with Crippen LogP contribution in [0, 0.1) is 12.7 Å². The lowest BCUT2D eigenvalue weighted by atomic mass is 10.0. The second kappa shape index (κ2) is 4.67. The Morgan fingerprint density at radius 1 is 1.29 bits per heavy atom. The molecule has 17 heavy (non-hydrogen) atoms. The Morgan fingerprint density at radius 3 is 2.65 bits per heavy atom. The van der Waals surface area contributed by atoms with Crippen LogP contribution in [0.2, 0.25) is 5.15 Å². The highest BCUT2D eigenvalue weighted by atomic mass is 35.5. The maximum Gasteiger partial charge on any atom is 0.221 e. The second-order valence-corrected chi connectivity index (χ2v) is 4.06. The highest BCUT2D eigenvalue weighted by Crippen LogP contribution is 2.22. The van der Waals surface area contributed by atoms with E-state index in [-0.39, 0.29) is 16.9 Å². The third-order valence-electron chi connectivity index (χ3n) is 2.51. The quantitative estimate of drug-likeness (QED) is 0.835. The molecule has 1 aromatic heterocycles. The molecule has 2 aromatic rings. The maximum atomic E-state index is 13.5. The number of anilines is 1. The molecule has 2 rings (SSSR count). The van der Waals surface area contributed by atoms with Crippen LogP contribution in [0.1, 0.15) is 16.8 Å². The normalized spacial score (nSPS) is 10.5. The van der Waals surface area contributed by atoms with Crippen LogP contribution in [0.5, 0.6) is 0 Å². The first kappa shape index (κ1) is 11.8. The number of halogens is 2. The Bertz CT molecular complexity index is 534. The van der Waals surface area contributed by atoms with Gasteiger partial charge < -0.3 is 5.73 Å². The van der Waals surface area contributed by atoms with Gasteiger partial charge in [0.2, 0.25) is 5.95 Å². The molecule has 0 aliphatic carbocycles. The van der Waals surface area contributed by atoms with E-state index in [1.807, 2.05) is 0 Å². The minimum Gasteiger partial charge on any atom is -0.368 e. The Balaban J connectivity index is 2.40. The predicted octanol–water partition coefficient (Wildman–Crippen LogP) is 2.75. The average Bonchev–Trinajstić information content (AvgIpc) is 2.25. The van der Waals surface area contributed by atoms with Crippen molar-refractivity contribution in [1.29, 1.82) is 0 Å². The molecule has 0 amide bonds. The van der Waals surface area contributed by atoms with Crippen molar-refractivity contribution < 1.29 is 4.39 Å². The number of aryl methyl sites for hydroxylation is 1. The number of nitrogen functional groups attached to an aromatic ring is 1. The molecule has 0 aliphatic rings. The third-order valence-corrected chi connectivity index (χ3v) is 2.82. The third kappa shape index (κ3) is 2.53. The number of hydrogen-bond donors (Lipinski definition) is 1. The topological polar surface area (TPSA) is 51.8 Å². The molecular weight excluding hydrogens is 241 g/mol. The molecule has 2 N–H and O–H groups in total. The molecule has 0 radical (unpaired) electrons. The van der Waals surface area contributed by atoms with Gasteiger partial charge in [-0.2, -0.15) is 0 Å². The van der Waals surface area contributed by atoms with E-state index in [1.165, 1.54) is 6.07 Å². The fourth-order valence-corrected chi connectivity index (χ4v) is 1.90. The molecular formula is C12H11ClFN3. The SMILES string of the molecule is Cc1nc(N)nc(Cl)c1Cc1ccccc1F. The van der Waals surface area contributed by atoms with Crippen LogP contribution < -0.4 is 5.73 Å². The highest BCUT2D eigenvalue weighted by molar-refractivity contribution is 6.30. The van der Waals surface area contributed by atoms with Gasteiger partial charge in [-0.15, -0.1) is 0 Å². The summed E-state index contributed by atoms with van der Waals surface area (Å²) in [5.74, 6) is -0.135. The van der Waals surface area contributed by atoms with Gasteiger partial charge in [0.15, 0.2) is 0 Å². The molecule has 0 aliphatic heterocycles. The van der Waals surface area contributed by atoms with Crippen molar-refractivity contribution in [3.63, 3.8) is 0 Å². The van der Waals surface area contributed by atoms with Crippen molar-refractivity contribution in [2.75, 3.05) is 5.73 Å². The molecule has 0 saturated heterocycles. The number of rotatable bonds is 2. The monoisotopic (exact) mass is 251 g/mol. The first-order valence-corrected chi connectivity index (χ1v) is 5.47. The van der Waals surface area contributed by atoms with Gasteiger partial charge in [-0.1, -0.05) is 29.8 Å². The van der Waals surface area contributed by atoms with Crippen LogP contribution in [0.25, 0.3) is 0 Å². The van der Waals surface area contributed by atoms with E-state index in [1.54, 1.807) is 25.1 Å². The summed E-state index contributed by atoms with van der Waals surface area (Å²) in [5.41, 5.74) is 7.40. The van der Waals surface area contributed by atoms with E-state index >= 15 is 0 Å². The zero-order valence-electron chi connectivity index (χ0n) is 9.24. The molecule has 0 fully saturated rings. The zero-order chi connectivity index (χ0) is 12.4.